The van der Waals surface area contributed by atoms with Crippen LogP contribution >= 0.6 is 31.9 Å². The van der Waals surface area contributed by atoms with Gasteiger partial charge in [-0.15, -0.1) is 0 Å². The van der Waals surface area contributed by atoms with Gasteiger partial charge >= 0.3 is 0 Å². The fourth-order valence-electron chi connectivity index (χ4n) is 2.17. The van der Waals surface area contributed by atoms with E-state index in [1.54, 1.807) is 7.11 Å². The van der Waals surface area contributed by atoms with Gasteiger partial charge < -0.3 is 10.1 Å². The van der Waals surface area contributed by atoms with E-state index >= 15 is 0 Å². The topological polar surface area (TPSA) is 21.3 Å². The molecule has 4 heteroatoms. The van der Waals surface area contributed by atoms with Crippen LogP contribution in [-0.2, 0) is 0 Å². The lowest BCUT2D eigenvalue weighted by atomic mass is 9.98. The molecule has 0 aromatic heterocycles. The minimum absolute atomic E-state index is 0.151. The monoisotopic (exact) mass is 397 g/mol. The summed E-state index contributed by atoms with van der Waals surface area (Å²) in [7, 11) is 1.68. The molecule has 2 rings (SSSR count). The Morgan fingerprint density at radius 3 is 2.55 bits per heavy atom. The van der Waals surface area contributed by atoms with Crippen LogP contribution in [0.3, 0.4) is 0 Å². The first kappa shape index (κ1) is 15.5. The van der Waals surface area contributed by atoms with Crippen LogP contribution in [0.4, 0.5) is 0 Å². The molecule has 0 amide bonds. The Morgan fingerprint density at radius 1 is 1.15 bits per heavy atom. The van der Waals surface area contributed by atoms with Crippen molar-refractivity contribution in [3.8, 4) is 5.75 Å². The van der Waals surface area contributed by atoms with Crippen molar-refractivity contribution in [2.24, 2.45) is 0 Å². The number of nitrogens with one attached hydrogen (secondary N) is 1. The van der Waals surface area contributed by atoms with E-state index in [1.807, 2.05) is 18.2 Å². The van der Waals surface area contributed by atoms with Gasteiger partial charge in [-0.3, -0.25) is 0 Å². The molecule has 0 radical (unpaired) electrons. The summed E-state index contributed by atoms with van der Waals surface area (Å²) < 4.78 is 7.39. The van der Waals surface area contributed by atoms with E-state index in [4.69, 9.17) is 4.74 Å². The summed E-state index contributed by atoms with van der Waals surface area (Å²) in [6, 6.07) is 14.6. The van der Waals surface area contributed by atoms with Gasteiger partial charge in [0.1, 0.15) is 5.75 Å². The summed E-state index contributed by atoms with van der Waals surface area (Å²) in [5.41, 5.74) is 2.43. The van der Waals surface area contributed by atoms with Crippen LogP contribution in [0.5, 0.6) is 5.75 Å². The van der Waals surface area contributed by atoms with Gasteiger partial charge in [0, 0.05) is 8.95 Å². The molecule has 0 aliphatic heterocycles. The molecule has 0 heterocycles. The van der Waals surface area contributed by atoms with Gasteiger partial charge in [0.2, 0.25) is 0 Å². The quantitative estimate of drug-likeness (QED) is 0.771. The molecule has 2 nitrogen and oxygen atoms in total. The first-order valence-corrected chi connectivity index (χ1v) is 8.06. The predicted octanol–water partition coefficient (Wildman–Crippen LogP) is 4.92. The Labute approximate surface area is 136 Å². The van der Waals surface area contributed by atoms with Crippen LogP contribution in [0, 0.1) is 0 Å². The molecule has 20 heavy (non-hydrogen) atoms. The minimum atomic E-state index is 0.151. The second-order valence-corrected chi connectivity index (χ2v) is 6.20. The van der Waals surface area contributed by atoms with Gasteiger partial charge in [-0.1, -0.05) is 57.0 Å². The number of halogens is 2. The molecule has 0 fully saturated rings. The van der Waals surface area contributed by atoms with E-state index < -0.39 is 0 Å². The minimum Gasteiger partial charge on any atom is -0.497 e. The van der Waals surface area contributed by atoms with Crippen LogP contribution in [0.1, 0.15) is 24.1 Å². The molecule has 1 N–H and O–H groups in total. The van der Waals surface area contributed by atoms with Gasteiger partial charge in [0.25, 0.3) is 0 Å². The highest BCUT2D eigenvalue weighted by molar-refractivity contribution is 9.10. The maximum Gasteiger partial charge on any atom is 0.120 e. The average molecular weight is 399 g/mol. The highest BCUT2D eigenvalue weighted by Crippen LogP contribution is 2.32. The molecule has 0 spiro atoms. The standard InChI is InChI=1S/C16H17Br2NO/c1-3-19-16(11-5-4-6-12(17)9-11)14-8-7-13(20-2)10-15(14)18/h4-10,16,19H,3H2,1-2H3. The fourth-order valence-corrected chi connectivity index (χ4v) is 3.17. The number of rotatable bonds is 5. The molecule has 2 aromatic carbocycles. The van der Waals surface area contributed by atoms with Crippen molar-refractivity contribution in [1.29, 1.82) is 0 Å². The Kier molecular flexibility index (Phi) is 5.64. The van der Waals surface area contributed by atoms with Crippen molar-refractivity contribution >= 4 is 31.9 Å². The molecule has 0 aliphatic rings. The smallest absolute Gasteiger partial charge is 0.120 e. The van der Waals surface area contributed by atoms with Crippen molar-refractivity contribution in [2.45, 2.75) is 13.0 Å². The number of methoxy groups -OCH3 is 1. The van der Waals surface area contributed by atoms with E-state index in [1.165, 1.54) is 11.1 Å². The lowest BCUT2D eigenvalue weighted by molar-refractivity contribution is 0.414. The normalized spacial score (nSPS) is 12.2. The summed E-state index contributed by atoms with van der Waals surface area (Å²) in [6.45, 7) is 3.01. The Balaban J connectivity index is 2.43. The highest BCUT2D eigenvalue weighted by Gasteiger charge is 2.16. The maximum atomic E-state index is 5.26. The molecule has 0 saturated carbocycles. The summed E-state index contributed by atoms with van der Waals surface area (Å²) in [4.78, 5) is 0. The predicted molar refractivity (Wildman–Crippen MR) is 90.4 cm³/mol. The first-order valence-electron chi connectivity index (χ1n) is 6.48. The van der Waals surface area contributed by atoms with Crippen molar-refractivity contribution in [3.63, 3.8) is 0 Å². The second-order valence-electron chi connectivity index (χ2n) is 4.43. The average Bonchev–Trinajstić information content (AvgIpc) is 2.45. The summed E-state index contributed by atoms with van der Waals surface area (Å²) in [6.07, 6.45) is 0. The van der Waals surface area contributed by atoms with Gasteiger partial charge in [-0.05, 0) is 41.9 Å². The largest absolute Gasteiger partial charge is 0.497 e. The lowest BCUT2D eigenvalue weighted by Gasteiger charge is -2.21. The Morgan fingerprint density at radius 2 is 1.95 bits per heavy atom. The third kappa shape index (κ3) is 3.62. The van der Waals surface area contributed by atoms with Crippen molar-refractivity contribution in [3.05, 3.63) is 62.5 Å². The second kappa shape index (κ2) is 7.25. The van der Waals surface area contributed by atoms with Gasteiger partial charge in [0.15, 0.2) is 0 Å². The zero-order valence-electron chi connectivity index (χ0n) is 11.5. The van der Waals surface area contributed by atoms with Crippen molar-refractivity contribution < 1.29 is 4.74 Å². The Hall–Kier alpha value is -0.840. The van der Waals surface area contributed by atoms with E-state index in [0.29, 0.717) is 0 Å². The fraction of sp³-hybridized carbons (Fsp3) is 0.250. The van der Waals surface area contributed by atoms with E-state index in [2.05, 4.69) is 68.4 Å². The van der Waals surface area contributed by atoms with Gasteiger partial charge in [0.05, 0.1) is 13.2 Å². The maximum absolute atomic E-state index is 5.26. The van der Waals surface area contributed by atoms with E-state index in [9.17, 15) is 0 Å². The molecule has 0 bridgehead atoms. The molecule has 106 valence electrons. The molecular formula is C16H17Br2NO. The van der Waals surface area contributed by atoms with E-state index in [0.717, 1.165) is 21.2 Å². The Bertz CT molecular complexity index is 586. The first-order chi connectivity index (χ1) is 9.65. The number of ether oxygens (including phenoxy) is 1. The SMILES string of the molecule is CCNC(c1cccc(Br)c1)c1ccc(OC)cc1Br. The number of benzene rings is 2. The lowest BCUT2D eigenvalue weighted by Crippen LogP contribution is -2.22. The van der Waals surface area contributed by atoms with Crippen molar-refractivity contribution in [2.75, 3.05) is 13.7 Å². The van der Waals surface area contributed by atoms with E-state index in [-0.39, 0.29) is 6.04 Å². The van der Waals surface area contributed by atoms with Gasteiger partial charge in [-0.2, -0.15) is 0 Å². The zero-order chi connectivity index (χ0) is 14.5. The molecule has 2 aromatic rings. The number of hydrogen-bond donors (Lipinski definition) is 1. The summed E-state index contributed by atoms with van der Waals surface area (Å²) in [5, 5.41) is 3.53. The zero-order valence-corrected chi connectivity index (χ0v) is 14.7. The number of hydrogen-bond acceptors (Lipinski definition) is 2. The molecule has 0 saturated heterocycles. The molecule has 0 aliphatic carbocycles. The van der Waals surface area contributed by atoms with Gasteiger partial charge in [-0.25, -0.2) is 0 Å². The highest BCUT2D eigenvalue weighted by atomic mass is 79.9. The third-order valence-corrected chi connectivity index (χ3v) is 4.29. The van der Waals surface area contributed by atoms with Crippen LogP contribution in [0.25, 0.3) is 0 Å². The van der Waals surface area contributed by atoms with Crippen LogP contribution in [0.15, 0.2) is 51.4 Å². The molecule has 1 atom stereocenters. The van der Waals surface area contributed by atoms with Crippen LogP contribution in [0.2, 0.25) is 0 Å². The summed E-state index contributed by atoms with van der Waals surface area (Å²) in [5.74, 6) is 0.852. The van der Waals surface area contributed by atoms with Crippen LogP contribution < -0.4 is 10.1 Å². The molecular weight excluding hydrogens is 382 g/mol. The summed E-state index contributed by atoms with van der Waals surface area (Å²) >= 11 is 7.18. The van der Waals surface area contributed by atoms with Crippen LogP contribution in [-0.4, -0.2) is 13.7 Å². The third-order valence-electron chi connectivity index (χ3n) is 3.11. The molecule has 1 unspecified atom stereocenters. The van der Waals surface area contributed by atoms with Crippen molar-refractivity contribution in [1.82, 2.24) is 5.32 Å².